The lowest BCUT2D eigenvalue weighted by molar-refractivity contribution is 0.0934. The first-order valence-corrected chi connectivity index (χ1v) is 16.3. The molecule has 6 aromatic rings. The largest absolute Gasteiger partial charge is 0.350 e. The van der Waals surface area contributed by atoms with E-state index in [-0.39, 0.29) is 23.9 Å². The van der Waals surface area contributed by atoms with Crippen molar-refractivity contribution in [3.63, 3.8) is 0 Å². The molecule has 0 atom stereocenters. The normalized spacial score (nSPS) is 10.7. The highest BCUT2D eigenvalue weighted by Gasteiger charge is 2.09. The van der Waals surface area contributed by atoms with E-state index in [1.165, 1.54) is 0 Å². The highest BCUT2D eigenvalue weighted by molar-refractivity contribution is 9.10. The third-order valence-corrected chi connectivity index (χ3v) is 7.39. The van der Waals surface area contributed by atoms with Gasteiger partial charge in [-0.3, -0.25) is 9.59 Å². The van der Waals surface area contributed by atoms with Gasteiger partial charge in [-0.25, -0.2) is 19.9 Å². The predicted octanol–water partition coefficient (Wildman–Crippen LogP) is 7.66. The maximum absolute atomic E-state index is 11.9. The van der Waals surface area contributed by atoms with Gasteiger partial charge in [0.2, 0.25) is 11.9 Å². The van der Waals surface area contributed by atoms with E-state index in [0.29, 0.717) is 28.6 Å². The second-order valence-corrected chi connectivity index (χ2v) is 12.6. The van der Waals surface area contributed by atoms with Crippen LogP contribution in [0.25, 0.3) is 21.8 Å². The first-order chi connectivity index (χ1) is 23.6. The van der Waals surface area contributed by atoms with Crippen LogP contribution in [0.1, 0.15) is 54.0 Å². The molecular formula is C37H34BrN9O2. The summed E-state index contributed by atoms with van der Waals surface area (Å²) in [6.45, 7) is 7.71. The van der Waals surface area contributed by atoms with Gasteiger partial charge in [-0.1, -0.05) is 15.9 Å². The van der Waals surface area contributed by atoms with Gasteiger partial charge in [0.15, 0.2) is 0 Å². The van der Waals surface area contributed by atoms with Crippen LogP contribution in [0.4, 0.5) is 23.3 Å². The lowest BCUT2D eigenvalue weighted by atomic mass is 10.1. The fourth-order valence-electron chi connectivity index (χ4n) is 4.59. The fraction of sp³-hybridized carbons (Fsp3) is 0.162. The number of hydrogen-bond donors (Lipinski definition) is 4. The molecule has 11 nitrogen and oxygen atoms in total. The quantitative estimate of drug-likeness (QED) is 0.124. The number of nitrogens with zero attached hydrogens (tertiary/aromatic N) is 5. The van der Waals surface area contributed by atoms with Crippen molar-refractivity contribution >= 4 is 72.8 Å². The number of fused-ring (bicyclic) bond motifs is 2. The molecule has 246 valence electrons. The number of carbonyl (C=O) groups is 2. The van der Waals surface area contributed by atoms with E-state index in [4.69, 9.17) is 5.26 Å². The summed E-state index contributed by atoms with van der Waals surface area (Å²) in [6.07, 6.45) is 3.45. The van der Waals surface area contributed by atoms with Crippen LogP contribution in [0.3, 0.4) is 0 Å². The molecule has 2 aromatic heterocycles. The molecule has 12 heteroatoms. The predicted molar refractivity (Wildman–Crippen MR) is 196 cm³/mol. The van der Waals surface area contributed by atoms with Gasteiger partial charge in [-0.15, -0.1) is 0 Å². The molecule has 49 heavy (non-hydrogen) atoms. The zero-order valence-corrected chi connectivity index (χ0v) is 28.9. The summed E-state index contributed by atoms with van der Waals surface area (Å²) in [5.41, 5.74) is 5.03. The third kappa shape index (κ3) is 9.56. The van der Waals surface area contributed by atoms with Crippen LogP contribution in [0.5, 0.6) is 0 Å². The number of amides is 2. The molecule has 0 aliphatic carbocycles. The maximum Gasteiger partial charge on any atom is 0.251 e. The minimum atomic E-state index is -0.100. The average Bonchev–Trinajstić information content (AvgIpc) is 3.08. The summed E-state index contributed by atoms with van der Waals surface area (Å²) >= 11 is 3.43. The van der Waals surface area contributed by atoms with E-state index in [9.17, 15) is 9.59 Å². The van der Waals surface area contributed by atoms with Crippen LogP contribution in [0.15, 0.2) is 102 Å². The minimum absolute atomic E-state index is 0.0796. The number of nitrogens with one attached hydrogen (secondary N) is 4. The smallest absolute Gasteiger partial charge is 0.251 e. The Morgan fingerprint density at radius 2 is 1.10 bits per heavy atom. The number of carbonyl (C=O) groups excluding carboxylic acids is 2. The number of aromatic nitrogens is 4. The standard InChI is InChI=1S/C19H17N5O.C18H17BrN4O/c1-12(2)22-18(25)14-4-6-16(7-5-14)23-19-21-11-15-9-13(10-20)3-8-17(15)24-19;1-11(2)21-17(24)12-3-6-15(7-4-12)22-18-20-10-13-9-14(19)5-8-16(13)23-18/h3-9,11-12H,1-2H3,(H,22,25)(H,21,23,24);3-11H,1-2H3,(H,21,24)(H,20,22,23). The summed E-state index contributed by atoms with van der Waals surface area (Å²) in [7, 11) is 0. The number of benzene rings is 4. The third-order valence-electron chi connectivity index (χ3n) is 6.90. The Morgan fingerprint density at radius 1 is 0.653 bits per heavy atom. The van der Waals surface area contributed by atoms with Gasteiger partial charge in [-0.2, -0.15) is 5.26 Å². The number of rotatable bonds is 8. The van der Waals surface area contributed by atoms with Gasteiger partial charge in [0, 0.05) is 62.2 Å². The van der Waals surface area contributed by atoms with E-state index >= 15 is 0 Å². The highest BCUT2D eigenvalue weighted by Crippen LogP contribution is 2.21. The molecule has 6 rings (SSSR count). The Kier molecular flexibility index (Phi) is 11.1. The Hall–Kier alpha value is -5.93. The lowest BCUT2D eigenvalue weighted by Crippen LogP contribution is -2.29. The molecule has 0 aliphatic heterocycles. The number of nitriles is 1. The van der Waals surface area contributed by atoms with Gasteiger partial charge < -0.3 is 21.3 Å². The van der Waals surface area contributed by atoms with Crippen molar-refractivity contribution in [1.29, 1.82) is 5.26 Å². The maximum atomic E-state index is 11.9. The Balaban J connectivity index is 0.000000191. The topological polar surface area (TPSA) is 158 Å². The van der Waals surface area contributed by atoms with E-state index in [0.717, 1.165) is 37.7 Å². The molecule has 0 saturated carbocycles. The Labute approximate surface area is 292 Å². The lowest BCUT2D eigenvalue weighted by Gasteiger charge is -2.09. The van der Waals surface area contributed by atoms with Gasteiger partial charge in [0.1, 0.15) is 0 Å². The average molecular weight is 717 g/mol. The minimum Gasteiger partial charge on any atom is -0.350 e. The van der Waals surface area contributed by atoms with Crippen molar-refractivity contribution in [1.82, 2.24) is 30.6 Å². The number of halogens is 1. The summed E-state index contributed by atoms with van der Waals surface area (Å²) in [5, 5.41) is 22.7. The van der Waals surface area contributed by atoms with Crippen molar-refractivity contribution in [2.24, 2.45) is 0 Å². The monoisotopic (exact) mass is 715 g/mol. The van der Waals surface area contributed by atoms with E-state index < -0.39 is 0 Å². The zero-order chi connectivity index (χ0) is 34.9. The second-order valence-electron chi connectivity index (χ2n) is 11.6. The summed E-state index contributed by atoms with van der Waals surface area (Å²) in [4.78, 5) is 41.4. The molecule has 0 radical (unpaired) electrons. The number of hydrogen-bond acceptors (Lipinski definition) is 9. The fourth-order valence-corrected chi connectivity index (χ4v) is 4.97. The molecule has 0 bridgehead atoms. The van der Waals surface area contributed by atoms with Crippen LogP contribution >= 0.6 is 15.9 Å². The van der Waals surface area contributed by atoms with Crippen LogP contribution < -0.4 is 21.3 Å². The molecule has 4 aromatic carbocycles. The van der Waals surface area contributed by atoms with E-state index in [1.54, 1.807) is 54.9 Å². The van der Waals surface area contributed by atoms with Crippen LogP contribution in [-0.2, 0) is 0 Å². The van der Waals surface area contributed by atoms with Crippen molar-refractivity contribution in [3.05, 3.63) is 118 Å². The van der Waals surface area contributed by atoms with Gasteiger partial charge in [-0.05, 0) is 113 Å². The van der Waals surface area contributed by atoms with Crippen molar-refractivity contribution in [2.45, 2.75) is 39.8 Å². The van der Waals surface area contributed by atoms with Gasteiger partial charge in [0.05, 0.1) is 22.7 Å². The first kappa shape index (κ1) is 34.4. The molecule has 0 aliphatic rings. The van der Waals surface area contributed by atoms with E-state index in [2.05, 4.69) is 63.2 Å². The molecule has 0 fully saturated rings. The summed E-state index contributed by atoms with van der Waals surface area (Å²) in [6, 6.07) is 27.8. The molecule has 2 amide bonds. The van der Waals surface area contributed by atoms with Crippen molar-refractivity contribution < 1.29 is 9.59 Å². The molecular weight excluding hydrogens is 682 g/mol. The first-order valence-electron chi connectivity index (χ1n) is 15.5. The zero-order valence-electron chi connectivity index (χ0n) is 27.3. The van der Waals surface area contributed by atoms with Crippen LogP contribution in [-0.4, -0.2) is 43.8 Å². The molecule has 0 spiro atoms. The summed E-state index contributed by atoms with van der Waals surface area (Å²) in [5.74, 6) is 0.793. The van der Waals surface area contributed by atoms with Crippen molar-refractivity contribution in [3.8, 4) is 6.07 Å². The summed E-state index contributed by atoms with van der Waals surface area (Å²) < 4.78 is 0.995. The highest BCUT2D eigenvalue weighted by atomic mass is 79.9. The Bertz CT molecular complexity index is 2150. The van der Waals surface area contributed by atoms with Gasteiger partial charge in [0.25, 0.3) is 11.8 Å². The second kappa shape index (κ2) is 15.8. The van der Waals surface area contributed by atoms with Crippen molar-refractivity contribution in [2.75, 3.05) is 10.6 Å². The molecule has 4 N–H and O–H groups in total. The van der Waals surface area contributed by atoms with Gasteiger partial charge >= 0.3 is 0 Å². The molecule has 0 saturated heterocycles. The van der Waals surface area contributed by atoms with Crippen LogP contribution in [0, 0.1) is 11.3 Å². The SMILES string of the molecule is CC(C)NC(=O)c1ccc(Nc2ncc3cc(Br)ccc3n2)cc1.CC(C)NC(=O)c1ccc(Nc2ncc3cc(C#N)ccc3n2)cc1. The van der Waals surface area contributed by atoms with Crippen LogP contribution in [0.2, 0.25) is 0 Å². The van der Waals surface area contributed by atoms with E-state index in [1.807, 2.05) is 70.2 Å². The molecule has 2 heterocycles. The molecule has 0 unspecified atom stereocenters. The number of anilines is 4. The Morgan fingerprint density at radius 3 is 1.55 bits per heavy atom.